The van der Waals surface area contributed by atoms with E-state index in [1.54, 1.807) is 7.11 Å². The third kappa shape index (κ3) is 5.02. The summed E-state index contributed by atoms with van der Waals surface area (Å²) in [6.07, 6.45) is 2.65. The predicted molar refractivity (Wildman–Crippen MR) is 81.6 cm³/mol. The lowest BCUT2D eigenvalue weighted by molar-refractivity contribution is 0.200. The van der Waals surface area contributed by atoms with Crippen LogP contribution in [0.15, 0.2) is 24.3 Å². The summed E-state index contributed by atoms with van der Waals surface area (Å²) in [5, 5.41) is 3.46. The zero-order valence-electron chi connectivity index (χ0n) is 12.6. The minimum Gasteiger partial charge on any atom is -0.497 e. The molecule has 1 aromatic carbocycles. The van der Waals surface area contributed by atoms with Gasteiger partial charge >= 0.3 is 0 Å². The highest BCUT2D eigenvalue weighted by Crippen LogP contribution is 2.17. The first-order valence-corrected chi connectivity index (χ1v) is 7.44. The lowest BCUT2D eigenvalue weighted by Gasteiger charge is -2.27. The van der Waals surface area contributed by atoms with Crippen LogP contribution in [0.3, 0.4) is 0 Å². The summed E-state index contributed by atoms with van der Waals surface area (Å²) in [6.45, 7) is 5.18. The van der Waals surface area contributed by atoms with Crippen LogP contribution < -0.4 is 14.8 Å². The van der Waals surface area contributed by atoms with Crippen LogP contribution in [-0.4, -0.2) is 51.8 Å². The first-order chi connectivity index (χ1) is 9.78. The molecule has 1 aliphatic rings. The molecule has 0 bridgehead atoms. The van der Waals surface area contributed by atoms with Gasteiger partial charge in [-0.25, -0.2) is 0 Å². The molecule has 0 aromatic heterocycles. The van der Waals surface area contributed by atoms with Crippen LogP contribution in [0.25, 0.3) is 0 Å². The van der Waals surface area contributed by atoms with Crippen molar-refractivity contribution in [1.29, 1.82) is 0 Å². The van der Waals surface area contributed by atoms with Gasteiger partial charge in [0.15, 0.2) is 0 Å². The van der Waals surface area contributed by atoms with Gasteiger partial charge < -0.3 is 19.7 Å². The van der Waals surface area contributed by atoms with Crippen LogP contribution in [0.4, 0.5) is 0 Å². The molecule has 0 spiro atoms. The Kier molecular flexibility index (Phi) is 6.15. The van der Waals surface area contributed by atoms with Gasteiger partial charge in [-0.2, -0.15) is 0 Å². The molecule has 0 radical (unpaired) electrons. The van der Waals surface area contributed by atoms with Crippen LogP contribution in [0.5, 0.6) is 11.5 Å². The van der Waals surface area contributed by atoms with Gasteiger partial charge in [0.05, 0.1) is 7.11 Å². The summed E-state index contributed by atoms with van der Waals surface area (Å²) in [5.41, 5.74) is 0. The lowest BCUT2D eigenvalue weighted by atomic mass is 9.99. The molecule has 20 heavy (non-hydrogen) atoms. The summed E-state index contributed by atoms with van der Waals surface area (Å²) in [7, 11) is 3.84. The summed E-state index contributed by atoms with van der Waals surface area (Å²) in [4.78, 5) is 2.36. The molecular formula is C16H26N2O2. The van der Waals surface area contributed by atoms with Gasteiger partial charge in [-0.1, -0.05) is 0 Å². The molecule has 1 atom stereocenters. The van der Waals surface area contributed by atoms with Crippen molar-refractivity contribution in [2.45, 2.75) is 12.8 Å². The SMILES string of the molecule is COc1ccc(OCCN(C)CC2CCCNC2)cc1. The molecule has 4 heteroatoms. The monoisotopic (exact) mass is 278 g/mol. The number of ether oxygens (including phenoxy) is 2. The van der Waals surface area contributed by atoms with Crippen molar-refractivity contribution in [3.8, 4) is 11.5 Å². The quantitative estimate of drug-likeness (QED) is 0.827. The first-order valence-electron chi connectivity index (χ1n) is 7.44. The highest BCUT2D eigenvalue weighted by molar-refractivity contribution is 5.31. The molecule has 4 nitrogen and oxygen atoms in total. The van der Waals surface area contributed by atoms with Gasteiger partial charge in [0, 0.05) is 13.1 Å². The Labute approximate surface area is 122 Å². The minimum atomic E-state index is 0.725. The third-order valence-corrected chi connectivity index (χ3v) is 3.77. The number of hydrogen-bond acceptors (Lipinski definition) is 4. The number of methoxy groups -OCH3 is 1. The summed E-state index contributed by atoms with van der Waals surface area (Å²) >= 11 is 0. The van der Waals surface area contributed by atoms with Crippen molar-refractivity contribution in [1.82, 2.24) is 10.2 Å². The van der Waals surface area contributed by atoms with Crippen molar-refractivity contribution in [3.05, 3.63) is 24.3 Å². The van der Waals surface area contributed by atoms with Gasteiger partial charge in [0.25, 0.3) is 0 Å². The molecule has 1 saturated heterocycles. The van der Waals surface area contributed by atoms with Crippen LogP contribution in [0.2, 0.25) is 0 Å². The van der Waals surface area contributed by atoms with E-state index in [9.17, 15) is 0 Å². The van der Waals surface area contributed by atoms with Crippen LogP contribution >= 0.6 is 0 Å². The first kappa shape index (κ1) is 15.1. The van der Waals surface area contributed by atoms with Gasteiger partial charge in [0.2, 0.25) is 0 Å². The Morgan fingerprint density at radius 2 is 2.00 bits per heavy atom. The molecule has 1 aliphatic heterocycles. The van der Waals surface area contributed by atoms with Crippen molar-refractivity contribution in [2.24, 2.45) is 5.92 Å². The number of nitrogens with one attached hydrogen (secondary N) is 1. The summed E-state index contributed by atoms with van der Waals surface area (Å²) in [6, 6.07) is 7.74. The Bertz CT molecular complexity index is 375. The fourth-order valence-electron chi connectivity index (χ4n) is 2.60. The van der Waals surface area contributed by atoms with E-state index in [0.29, 0.717) is 0 Å². The van der Waals surface area contributed by atoms with Crippen LogP contribution in [0.1, 0.15) is 12.8 Å². The third-order valence-electron chi connectivity index (χ3n) is 3.77. The number of likely N-dealkylation sites (N-methyl/N-ethyl adjacent to an activating group) is 1. The average molecular weight is 278 g/mol. The fourth-order valence-corrected chi connectivity index (χ4v) is 2.60. The highest BCUT2D eigenvalue weighted by Gasteiger charge is 2.14. The molecular weight excluding hydrogens is 252 g/mol. The second kappa shape index (κ2) is 8.12. The predicted octanol–water partition coefficient (Wildman–Crippen LogP) is 2.01. The standard InChI is InChI=1S/C16H26N2O2/c1-18(13-14-4-3-9-17-12-14)10-11-20-16-7-5-15(19-2)6-8-16/h5-8,14,17H,3-4,9-13H2,1-2H3. The van der Waals surface area contributed by atoms with E-state index < -0.39 is 0 Å². The Morgan fingerprint density at radius 3 is 2.65 bits per heavy atom. The normalized spacial score (nSPS) is 19.1. The maximum Gasteiger partial charge on any atom is 0.119 e. The van der Waals surface area contributed by atoms with Gasteiger partial charge in [-0.3, -0.25) is 0 Å². The Balaban J connectivity index is 1.63. The summed E-state index contributed by atoms with van der Waals surface area (Å²) < 4.78 is 10.9. The molecule has 2 rings (SSSR count). The molecule has 1 heterocycles. The molecule has 0 aliphatic carbocycles. The largest absolute Gasteiger partial charge is 0.497 e. The molecule has 0 amide bonds. The van der Waals surface area contributed by atoms with Crippen molar-refractivity contribution >= 4 is 0 Å². The van der Waals surface area contributed by atoms with E-state index in [1.807, 2.05) is 24.3 Å². The maximum atomic E-state index is 5.75. The summed E-state index contributed by atoms with van der Waals surface area (Å²) in [5.74, 6) is 2.55. The molecule has 112 valence electrons. The average Bonchev–Trinajstić information content (AvgIpc) is 2.49. The molecule has 1 aromatic rings. The van der Waals surface area contributed by atoms with E-state index in [2.05, 4.69) is 17.3 Å². The number of piperidine rings is 1. The highest BCUT2D eigenvalue weighted by atomic mass is 16.5. The Hall–Kier alpha value is -1.26. The molecule has 0 saturated carbocycles. The van der Waals surface area contributed by atoms with Gasteiger partial charge in [-0.05, 0) is 63.2 Å². The van der Waals surface area contributed by atoms with E-state index >= 15 is 0 Å². The number of nitrogens with zero attached hydrogens (tertiary/aromatic N) is 1. The van der Waals surface area contributed by atoms with Crippen molar-refractivity contribution in [2.75, 3.05) is 46.9 Å². The van der Waals surface area contributed by atoms with Crippen LogP contribution in [0, 0.1) is 5.92 Å². The molecule has 1 fully saturated rings. The second-order valence-electron chi connectivity index (χ2n) is 5.50. The van der Waals surface area contributed by atoms with E-state index in [4.69, 9.17) is 9.47 Å². The number of rotatable bonds is 7. The molecule has 1 unspecified atom stereocenters. The van der Waals surface area contributed by atoms with E-state index in [-0.39, 0.29) is 0 Å². The Morgan fingerprint density at radius 1 is 1.25 bits per heavy atom. The van der Waals surface area contributed by atoms with Crippen molar-refractivity contribution in [3.63, 3.8) is 0 Å². The number of benzene rings is 1. The van der Waals surface area contributed by atoms with E-state index in [1.165, 1.54) is 19.4 Å². The van der Waals surface area contributed by atoms with Crippen LogP contribution in [-0.2, 0) is 0 Å². The number of hydrogen-bond donors (Lipinski definition) is 1. The lowest BCUT2D eigenvalue weighted by Crippen LogP contribution is -2.38. The smallest absolute Gasteiger partial charge is 0.119 e. The van der Waals surface area contributed by atoms with E-state index in [0.717, 1.165) is 43.7 Å². The van der Waals surface area contributed by atoms with Crippen molar-refractivity contribution < 1.29 is 9.47 Å². The van der Waals surface area contributed by atoms with Gasteiger partial charge in [0.1, 0.15) is 18.1 Å². The zero-order valence-corrected chi connectivity index (χ0v) is 12.6. The fraction of sp³-hybridized carbons (Fsp3) is 0.625. The topological polar surface area (TPSA) is 33.7 Å². The molecule has 1 N–H and O–H groups in total. The van der Waals surface area contributed by atoms with Gasteiger partial charge in [-0.15, -0.1) is 0 Å². The zero-order chi connectivity index (χ0) is 14.2. The second-order valence-corrected chi connectivity index (χ2v) is 5.50. The maximum absolute atomic E-state index is 5.75. The minimum absolute atomic E-state index is 0.725.